The molecule has 0 bridgehead atoms. The van der Waals surface area contributed by atoms with Crippen molar-refractivity contribution in [3.63, 3.8) is 0 Å². The van der Waals surface area contributed by atoms with E-state index in [2.05, 4.69) is 196 Å². The molecule has 0 spiro atoms. The average molecular weight is 727 g/mol. The third kappa shape index (κ3) is 5.25. The molecule has 1 heterocycles. The highest BCUT2D eigenvalue weighted by Gasteiger charge is 2.37. The first kappa shape index (κ1) is 33.2. The van der Waals surface area contributed by atoms with Crippen LogP contribution >= 0.6 is 0 Å². The fourth-order valence-corrected chi connectivity index (χ4v) is 9.37. The molecular formula is C55H38N2. The van der Waals surface area contributed by atoms with Crippen LogP contribution in [0.4, 0.5) is 0 Å². The van der Waals surface area contributed by atoms with E-state index in [0.717, 1.165) is 44.7 Å². The van der Waals surface area contributed by atoms with Gasteiger partial charge < -0.3 is 0 Å². The van der Waals surface area contributed by atoms with Crippen molar-refractivity contribution in [2.75, 3.05) is 0 Å². The molecule has 0 saturated heterocycles. The highest BCUT2D eigenvalue weighted by molar-refractivity contribution is 6.22. The number of rotatable bonds is 5. The maximum atomic E-state index is 5.35. The van der Waals surface area contributed by atoms with E-state index in [1.165, 1.54) is 66.1 Å². The third-order valence-electron chi connectivity index (χ3n) is 12.1. The maximum Gasteiger partial charge on any atom is 0.161 e. The van der Waals surface area contributed by atoms with E-state index in [9.17, 15) is 0 Å². The molecule has 9 aromatic carbocycles. The number of nitrogens with zero attached hydrogens (tertiary/aromatic N) is 2. The van der Waals surface area contributed by atoms with Crippen molar-refractivity contribution in [1.29, 1.82) is 0 Å². The standard InChI is InChI=1S/C55H38N2/c1-55(2)47-31-17-30-41(52(47)46-32-37-22-9-10-23-38(37)33-48(46)55)39-24-11-12-25-40(39)51-42-26-13-15-28-44(42)53(45-29-16-14-27-43(45)51)54-56-49(35-18-5-3-6-19-35)34-50(57-54)36-20-7-4-8-21-36/h3-34H,1-2H3. The topological polar surface area (TPSA) is 25.8 Å². The molecule has 0 unspecified atom stereocenters. The molecule has 1 aliphatic rings. The molecule has 0 aliphatic heterocycles. The molecule has 1 aromatic heterocycles. The van der Waals surface area contributed by atoms with Crippen LogP contribution in [0.15, 0.2) is 194 Å². The molecule has 0 N–H and O–H groups in total. The van der Waals surface area contributed by atoms with E-state index < -0.39 is 0 Å². The quantitative estimate of drug-likeness (QED) is 0.165. The van der Waals surface area contributed by atoms with Crippen LogP contribution in [0.3, 0.4) is 0 Å². The van der Waals surface area contributed by atoms with Crippen molar-refractivity contribution in [3.05, 3.63) is 205 Å². The van der Waals surface area contributed by atoms with Gasteiger partial charge in [0.1, 0.15) is 0 Å². The second kappa shape index (κ2) is 13.0. The lowest BCUT2D eigenvalue weighted by Crippen LogP contribution is -2.14. The van der Waals surface area contributed by atoms with Gasteiger partial charge in [-0.05, 0) is 95.0 Å². The zero-order chi connectivity index (χ0) is 38.1. The van der Waals surface area contributed by atoms with Crippen molar-refractivity contribution >= 4 is 32.3 Å². The van der Waals surface area contributed by atoms with Crippen LogP contribution in [-0.4, -0.2) is 9.97 Å². The molecule has 1 aliphatic carbocycles. The predicted octanol–water partition coefficient (Wildman–Crippen LogP) is 14.6. The first-order valence-electron chi connectivity index (χ1n) is 19.8. The molecule has 57 heavy (non-hydrogen) atoms. The fraction of sp³-hybridized carbons (Fsp3) is 0.0545. The smallest absolute Gasteiger partial charge is 0.161 e. The fourth-order valence-electron chi connectivity index (χ4n) is 9.37. The third-order valence-corrected chi connectivity index (χ3v) is 12.1. The van der Waals surface area contributed by atoms with Gasteiger partial charge in [0, 0.05) is 22.1 Å². The zero-order valence-corrected chi connectivity index (χ0v) is 31.9. The van der Waals surface area contributed by atoms with Gasteiger partial charge in [0.05, 0.1) is 11.4 Å². The van der Waals surface area contributed by atoms with Crippen LogP contribution in [0, 0.1) is 0 Å². The number of fused-ring (bicyclic) bond motifs is 6. The van der Waals surface area contributed by atoms with Gasteiger partial charge in [-0.15, -0.1) is 0 Å². The molecule has 0 saturated carbocycles. The van der Waals surface area contributed by atoms with Crippen LogP contribution in [0.5, 0.6) is 0 Å². The summed E-state index contributed by atoms with van der Waals surface area (Å²) in [5, 5.41) is 7.15. The van der Waals surface area contributed by atoms with E-state index in [1.54, 1.807) is 0 Å². The summed E-state index contributed by atoms with van der Waals surface area (Å²) in [4.78, 5) is 10.7. The molecular weight excluding hydrogens is 689 g/mol. The predicted molar refractivity (Wildman–Crippen MR) is 239 cm³/mol. The van der Waals surface area contributed by atoms with Gasteiger partial charge in [0.15, 0.2) is 5.82 Å². The minimum atomic E-state index is -0.131. The van der Waals surface area contributed by atoms with Crippen molar-refractivity contribution in [3.8, 4) is 67.3 Å². The van der Waals surface area contributed by atoms with E-state index in [1.807, 2.05) is 12.1 Å². The lowest BCUT2D eigenvalue weighted by atomic mass is 9.81. The molecule has 268 valence electrons. The number of hydrogen-bond acceptors (Lipinski definition) is 2. The summed E-state index contributed by atoms with van der Waals surface area (Å²) in [6.07, 6.45) is 0. The first-order valence-corrected chi connectivity index (χ1v) is 19.8. The minimum absolute atomic E-state index is 0.131. The van der Waals surface area contributed by atoms with Gasteiger partial charge in [0.2, 0.25) is 0 Å². The second-order valence-electron chi connectivity index (χ2n) is 15.7. The molecule has 0 amide bonds. The second-order valence-corrected chi connectivity index (χ2v) is 15.7. The summed E-state index contributed by atoms with van der Waals surface area (Å²) >= 11 is 0. The summed E-state index contributed by atoms with van der Waals surface area (Å²) in [5.74, 6) is 0.717. The Hall–Kier alpha value is -7.16. The van der Waals surface area contributed by atoms with Gasteiger partial charge in [-0.25, -0.2) is 9.97 Å². The monoisotopic (exact) mass is 726 g/mol. The summed E-state index contributed by atoms with van der Waals surface area (Å²) in [6, 6.07) is 70.1. The van der Waals surface area contributed by atoms with Gasteiger partial charge in [-0.2, -0.15) is 0 Å². The molecule has 0 fully saturated rings. The van der Waals surface area contributed by atoms with E-state index >= 15 is 0 Å². The molecule has 0 atom stereocenters. The summed E-state index contributed by atoms with van der Waals surface area (Å²) in [5.41, 5.74) is 15.2. The largest absolute Gasteiger partial charge is 0.228 e. The van der Waals surface area contributed by atoms with Crippen LogP contribution in [0.1, 0.15) is 25.0 Å². The molecule has 2 nitrogen and oxygen atoms in total. The van der Waals surface area contributed by atoms with Crippen molar-refractivity contribution < 1.29 is 0 Å². The Labute approximate surface area is 332 Å². The van der Waals surface area contributed by atoms with Crippen LogP contribution in [0.25, 0.3) is 99.6 Å². The Morgan fingerprint density at radius 3 is 1.40 bits per heavy atom. The Bertz CT molecular complexity index is 3080. The number of hydrogen-bond donors (Lipinski definition) is 0. The SMILES string of the molecule is CC1(C)c2cc3ccccc3cc2-c2c(-c3ccccc3-c3c4ccccc4c(-c4nc(-c5ccccc5)cc(-c5ccccc5)n4)c4ccccc34)cccc21. The van der Waals surface area contributed by atoms with Gasteiger partial charge in [-0.1, -0.05) is 190 Å². The van der Waals surface area contributed by atoms with Crippen molar-refractivity contribution in [2.45, 2.75) is 19.3 Å². The normalized spacial score (nSPS) is 12.9. The lowest BCUT2D eigenvalue weighted by molar-refractivity contribution is 0.661. The zero-order valence-electron chi connectivity index (χ0n) is 31.9. The average Bonchev–Trinajstić information content (AvgIpc) is 3.50. The van der Waals surface area contributed by atoms with Crippen molar-refractivity contribution in [2.24, 2.45) is 0 Å². The molecule has 11 rings (SSSR count). The Morgan fingerprint density at radius 1 is 0.333 bits per heavy atom. The van der Waals surface area contributed by atoms with Gasteiger partial charge >= 0.3 is 0 Å². The van der Waals surface area contributed by atoms with Crippen molar-refractivity contribution in [1.82, 2.24) is 9.97 Å². The highest BCUT2D eigenvalue weighted by atomic mass is 14.9. The summed E-state index contributed by atoms with van der Waals surface area (Å²) in [6.45, 7) is 4.75. The molecule has 2 heteroatoms. The minimum Gasteiger partial charge on any atom is -0.228 e. The summed E-state index contributed by atoms with van der Waals surface area (Å²) < 4.78 is 0. The lowest BCUT2D eigenvalue weighted by Gasteiger charge is -2.22. The van der Waals surface area contributed by atoms with Gasteiger partial charge in [0.25, 0.3) is 0 Å². The van der Waals surface area contributed by atoms with E-state index in [-0.39, 0.29) is 5.41 Å². The number of aromatic nitrogens is 2. The maximum absolute atomic E-state index is 5.35. The Balaban J connectivity index is 1.19. The van der Waals surface area contributed by atoms with Crippen LogP contribution in [0.2, 0.25) is 0 Å². The Morgan fingerprint density at radius 2 is 0.807 bits per heavy atom. The van der Waals surface area contributed by atoms with Crippen LogP contribution < -0.4 is 0 Å². The molecule has 0 radical (unpaired) electrons. The van der Waals surface area contributed by atoms with E-state index in [0.29, 0.717) is 0 Å². The number of benzene rings is 9. The van der Waals surface area contributed by atoms with E-state index in [4.69, 9.17) is 9.97 Å². The molecule has 10 aromatic rings. The first-order chi connectivity index (χ1) is 28.0. The van der Waals surface area contributed by atoms with Crippen LogP contribution in [-0.2, 0) is 5.41 Å². The highest BCUT2D eigenvalue weighted by Crippen LogP contribution is 2.55. The summed E-state index contributed by atoms with van der Waals surface area (Å²) in [7, 11) is 0. The Kier molecular flexibility index (Phi) is 7.55. The van der Waals surface area contributed by atoms with Gasteiger partial charge in [-0.3, -0.25) is 0 Å².